The SMILES string of the molecule is CC(C)(COCc1cccc(Cl)c1)CS(N)(=O)=O. The van der Waals surface area contributed by atoms with Gasteiger partial charge in [-0.1, -0.05) is 37.6 Å². The third kappa shape index (κ3) is 6.35. The van der Waals surface area contributed by atoms with Crippen molar-refractivity contribution in [3.8, 4) is 0 Å². The minimum Gasteiger partial charge on any atom is -0.376 e. The third-order valence-corrected chi connectivity index (χ3v) is 3.66. The van der Waals surface area contributed by atoms with E-state index in [2.05, 4.69) is 0 Å². The predicted octanol–water partition coefficient (Wildman–Crippen LogP) is 2.17. The van der Waals surface area contributed by atoms with Gasteiger partial charge in [-0.2, -0.15) is 0 Å². The lowest BCUT2D eigenvalue weighted by Crippen LogP contribution is -2.32. The molecule has 0 heterocycles. The maximum absolute atomic E-state index is 11.0. The smallest absolute Gasteiger partial charge is 0.209 e. The molecule has 0 aliphatic rings. The molecule has 18 heavy (non-hydrogen) atoms. The number of ether oxygens (including phenoxy) is 1. The topological polar surface area (TPSA) is 69.4 Å². The number of nitrogens with two attached hydrogens (primary N) is 1. The highest BCUT2D eigenvalue weighted by atomic mass is 35.5. The van der Waals surface area contributed by atoms with E-state index in [0.717, 1.165) is 5.56 Å². The number of sulfonamides is 1. The van der Waals surface area contributed by atoms with Crippen LogP contribution in [0.3, 0.4) is 0 Å². The van der Waals surface area contributed by atoms with E-state index >= 15 is 0 Å². The van der Waals surface area contributed by atoms with Gasteiger partial charge in [0.25, 0.3) is 0 Å². The highest BCUT2D eigenvalue weighted by Crippen LogP contribution is 2.18. The van der Waals surface area contributed by atoms with E-state index in [1.54, 1.807) is 19.9 Å². The molecule has 1 aromatic carbocycles. The Morgan fingerprint density at radius 1 is 1.39 bits per heavy atom. The van der Waals surface area contributed by atoms with Crippen molar-refractivity contribution in [3.63, 3.8) is 0 Å². The molecule has 0 atom stereocenters. The fourth-order valence-corrected chi connectivity index (χ4v) is 3.04. The molecule has 0 spiro atoms. The summed E-state index contributed by atoms with van der Waals surface area (Å²) in [6.07, 6.45) is 0. The Hall–Kier alpha value is -0.620. The van der Waals surface area contributed by atoms with Gasteiger partial charge in [-0.15, -0.1) is 0 Å². The molecule has 0 aromatic heterocycles. The number of hydrogen-bond acceptors (Lipinski definition) is 3. The highest BCUT2D eigenvalue weighted by molar-refractivity contribution is 7.89. The van der Waals surface area contributed by atoms with Crippen LogP contribution in [0.4, 0.5) is 0 Å². The second-order valence-corrected chi connectivity index (χ2v) is 7.14. The van der Waals surface area contributed by atoms with Gasteiger partial charge in [0.1, 0.15) is 0 Å². The van der Waals surface area contributed by atoms with E-state index in [4.69, 9.17) is 21.5 Å². The molecular formula is C12H18ClNO3S. The standard InChI is InChI=1S/C12H18ClNO3S/c1-12(2,9-18(14,15)16)8-17-7-10-4-3-5-11(13)6-10/h3-6H,7-9H2,1-2H3,(H2,14,15,16). The van der Waals surface area contributed by atoms with E-state index < -0.39 is 15.4 Å². The van der Waals surface area contributed by atoms with Gasteiger partial charge in [0.15, 0.2) is 0 Å². The van der Waals surface area contributed by atoms with Crippen LogP contribution in [-0.4, -0.2) is 20.8 Å². The summed E-state index contributed by atoms with van der Waals surface area (Å²) in [6.45, 7) is 4.31. The highest BCUT2D eigenvalue weighted by Gasteiger charge is 2.24. The van der Waals surface area contributed by atoms with Gasteiger partial charge in [0.05, 0.1) is 19.0 Å². The fraction of sp³-hybridized carbons (Fsp3) is 0.500. The molecule has 0 aliphatic heterocycles. The van der Waals surface area contributed by atoms with Crippen LogP contribution in [-0.2, 0) is 21.4 Å². The van der Waals surface area contributed by atoms with Crippen LogP contribution in [0, 0.1) is 5.41 Å². The Bertz CT molecular complexity index is 500. The summed E-state index contributed by atoms with van der Waals surface area (Å²) in [6, 6.07) is 7.35. The zero-order valence-corrected chi connectivity index (χ0v) is 12.1. The average Bonchev–Trinajstić information content (AvgIpc) is 2.13. The summed E-state index contributed by atoms with van der Waals surface area (Å²) in [7, 11) is -3.48. The molecule has 2 N–H and O–H groups in total. The van der Waals surface area contributed by atoms with Gasteiger partial charge in [-0.05, 0) is 17.7 Å². The van der Waals surface area contributed by atoms with Crippen LogP contribution in [0.15, 0.2) is 24.3 Å². The first kappa shape index (κ1) is 15.4. The molecule has 1 aromatic rings. The number of primary sulfonamides is 1. The zero-order chi connectivity index (χ0) is 13.8. The van der Waals surface area contributed by atoms with Crippen LogP contribution in [0.2, 0.25) is 5.02 Å². The lowest BCUT2D eigenvalue weighted by molar-refractivity contribution is 0.0612. The minimum absolute atomic E-state index is 0.102. The molecule has 0 bridgehead atoms. The molecule has 0 saturated carbocycles. The van der Waals surface area contributed by atoms with E-state index in [1.165, 1.54) is 0 Å². The maximum atomic E-state index is 11.0. The van der Waals surface area contributed by atoms with Crippen LogP contribution in [0.25, 0.3) is 0 Å². The number of halogens is 1. The number of benzene rings is 1. The molecular weight excluding hydrogens is 274 g/mol. The molecule has 0 aliphatic carbocycles. The molecule has 1 rings (SSSR count). The first-order valence-electron chi connectivity index (χ1n) is 5.51. The lowest BCUT2D eigenvalue weighted by Gasteiger charge is -2.22. The molecule has 0 radical (unpaired) electrons. The van der Waals surface area contributed by atoms with E-state index in [9.17, 15) is 8.42 Å². The molecule has 0 unspecified atom stereocenters. The van der Waals surface area contributed by atoms with Crippen molar-refractivity contribution >= 4 is 21.6 Å². The lowest BCUT2D eigenvalue weighted by atomic mass is 9.98. The summed E-state index contributed by atoms with van der Waals surface area (Å²) in [4.78, 5) is 0. The molecule has 0 fully saturated rings. The second-order valence-electron chi connectivity index (χ2n) is 5.09. The third-order valence-electron chi connectivity index (χ3n) is 2.24. The average molecular weight is 292 g/mol. The van der Waals surface area contributed by atoms with Gasteiger partial charge in [-0.25, -0.2) is 13.6 Å². The van der Waals surface area contributed by atoms with Gasteiger partial charge in [0.2, 0.25) is 10.0 Å². The van der Waals surface area contributed by atoms with E-state index in [-0.39, 0.29) is 5.75 Å². The molecule has 102 valence electrons. The van der Waals surface area contributed by atoms with Gasteiger partial charge in [-0.3, -0.25) is 0 Å². The predicted molar refractivity (Wildman–Crippen MR) is 72.9 cm³/mol. The van der Waals surface area contributed by atoms with Crippen molar-refractivity contribution in [1.82, 2.24) is 0 Å². The Morgan fingerprint density at radius 2 is 2.06 bits per heavy atom. The Labute approximate surface area is 113 Å². The van der Waals surface area contributed by atoms with E-state index in [0.29, 0.717) is 18.2 Å². The number of hydrogen-bond donors (Lipinski definition) is 1. The van der Waals surface area contributed by atoms with Crippen LogP contribution < -0.4 is 5.14 Å². The molecule has 0 saturated heterocycles. The largest absolute Gasteiger partial charge is 0.376 e. The molecule has 6 heteroatoms. The monoisotopic (exact) mass is 291 g/mol. The van der Waals surface area contributed by atoms with Gasteiger partial charge < -0.3 is 4.74 Å². The van der Waals surface area contributed by atoms with Crippen molar-refractivity contribution < 1.29 is 13.2 Å². The van der Waals surface area contributed by atoms with Gasteiger partial charge in [0, 0.05) is 10.4 Å². The maximum Gasteiger partial charge on any atom is 0.209 e. The molecule has 4 nitrogen and oxygen atoms in total. The van der Waals surface area contributed by atoms with Crippen molar-refractivity contribution in [2.45, 2.75) is 20.5 Å². The first-order valence-corrected chi connectivity index (χ1v) is 7.60. The minimum atomic E-state index is -3.48. The van der Waals surface area contributed by atoms with Crippen LogP contribution in [0.5, 0.6) is 0 Å². The quantitative estimate of drug-likeness (QED) is 0.873. The summed E-state index contributed by atoms with van der Waals surface area (Å²) in [5.74, 6) is -0.102. The molecule has 0 amide bonds. The van der Waals surface area contributed by atoms with E-state index in [1.807, 2.05) is 18.2 Å². The Kier molecular flexibility index (Phi) is 5.16. The number of rotatable bonds is 6. The van der Waals surface area contributed by atoms with Crippen molar-refractivity contribution in [3.05, 3.63) is 34.9 Å². The summed E-state index contributed by atoms with van der Waals surface area (Å²) in [5.41, 5.74) is 0.445. The summed E-state index contributed by atoms with van der Waals surface area (Å²) >= 11 is 5.85. The second kappa shape index (κ2) is 6.02. The van der Waals surface area contributed by atoms with Crippen molar-refractivity contribution in [2.24, 2.45) is 10.6 Å². The van der Waals surface area contributed by atoms with Crippen LogP contribution in [0.1, 0.15) is 19.4 Å². The van der Waals surface area contributed by atoms with Crippen molar-refractivity contribution in [1.29, 1.82) is 0 Å². The fourth-order valence-electron chi connectivity index (χ4n) is 1.66. The summed E-state index contributed by atoms with van der Waals surface area (Å²) in [5, 5.41) is 5.68. The van der Waals surface area contributed by atoms with Crippen molar-refractivity contribution in [2.75, 3.05) is 12.4 Å². The van der Waals surface area contributed by atoms with Crippen LogP contribution >= 0.6 is 11.6 Å². The normalized spacial score (nSPS) is 12.7. The first-order chi connectivity index (χ1) is 8.18. The zero-order valence-electron chi connectivity index (χ0n) is 10.5. The Balaban J connectivity index is 2.46. The van der Waals surface area contributed by atoms with Gasteiger partial charge >= 0.3 is 0 Å². The Morgan fingerprint density at radius 3 is 2.61 bits per heavy atom. The summed E-state index contributed by atoms with van der Waals surface area (Å²) < 4.78 is 27.6.